The van der Waals surface area contributed by atoms with Gasteiger partial charge in [0.2, 0.25) is 0 Å². The van der Waals surface area contributed by atoms with E-state index in [4.69, 9.17) is 10.5 Å². The molecule has 1 aliphatic rings. The van der Waals surface area contributed by atoms with E-state index >= 15 is 0 Å². The normalized spacial score (nSPS) is 15.9. The maximum absolute atomic E-state index is 11.6. The quantitative estimate of drug-likeness (QED) is 0.554. The molecule has 7 nitrogen and oxygen atoms in total. The molecule has 3 N–H and O–H groups in total. The number of esters is 1. The standard InChI is InChI=1S/C21H20N2O5S/c1-12-9-16(8-5-14(12)11-17(22)20(25)27-2)28-15-6-3-13(4-7-15)10-18-19(24)23-21(26)29-18/h3-10,17H,11,22H2,1-2H3,(H,23,24,26). The maximum atomic E-state index is 11.6. The van der Waals surface area contributed by atoms with Crippen LogP contribution in [-0.2, 0) is 20.7 Å². The molecule has 1 fully saturated rings. The van der Waals surface area contributed by atoms with Crippen molar-refractivity contribution < 1.29 is 23.9 Å². The zero-order valence-corrected chi connectivity index (χ0v) is 16.7. The fourth-order valence-corrected chi connectivity index (χ4v) is 3.46. The second-order valence-electron chi connectivity index (χ2n) is 6.45. The molecule has 0 radical (unpaired) electrons. The van der Waals surface area contributed by atoms with Gasteiger partial charge in [0.25, 0.3) is 11.1 Å². The van der Waals surface area contributed by atoms with E-state index in [1.807, 2.05) is 25.1 Å². The third kappa shape index (κ3) is 5.24. The zero-order valence-electron chi connectivity index (χ0n) is 15.9. The van der Waals surface area contributed by atoms with Crippen LogP contribution in [0.15, 0.2) is 47.4 Å². The van der Waals surface area contributed by atoms with Crippen molar-refractivity contribution in [2.75, 3.05) is 7.11 Å². The molecule has 0 bridgehead atoms. The van der Waals surface area contributed by atoms with E-state index in [1.165, 1.54) is 7.11 Å². The second kappa shape index (κ2) is 8.93. The molecule has 2 amide bonds. The number of carbonyl (C=O) groups is 3. The number of amides is 2. The molecule has 3 rings (SSSR count). The molecule has 0 aromatic heterocycles. The summed E-state index contributed by atoms with van der Waals surface area (Å²) in [6.07, 6.45) is 2.04. The molecule has 150 valence electrons. The Kier molecular flexibility index (Phi) is 6.36. The maximum Gasteiger partial charge on any atom is 0.322 e. The van der Waals surface area contributed by atoms with Crippen LogP contribution >= 0.6 is 11.8 Å². The largest absolute Gasteiger partial charge is 0.468 e. The van der Waals surface area contributed by atoms with E-state index < -0.39 is 12.0 Å². The highest BCUT2D eigenvalue weighted by atomic mass is 32.2. The van der Waals surface area contributed by atoms with Crippen LogP contribution in [0.25, 0.3) is 6.08 Å². The van der Waals surface area contributed by atoms with Gasteiger partial charge in [-0.05, 0) is 72.1 Å². The van der Waals surface area contributed by atoms with Crippen molar-refractivity contribution >= 4 is 35.0 Å². The Morgan fingerprint density at radius 1 is 1.17 bits per heavy atom. The number of ether oxygens (including phenoxy) is 2. The smallest absolute Gasteiger partial charge is 0.322 e. The molecule has 0 saturated carbocycles. The summed E-state index contributed by atoms with van der Waals surface area (Å²) in [5.74, 6) is 0.450. The molecular weight excluding hydrogens is 392 g/mol. The molecule has 0 aliphatic carbocycles. The molecule has 2 aromatic rings. The van der Waals surface area contributed by atoms with Gasteiger partial charge in [0, 0.05) is 0 Å². The summed E-state index contributed by atoms with van der Waals surface area (Å²) >= 11 is 0.878. The summed E-state index contributed by atoms with van der Waals surface area (Å²) in [7, 11) is 1.31. The van der Waals surface area contributed by atoms with Crippen molar-refractivity contribution in [1.82, 2.24) is 5.32 Å². The highest BCUT2D eigenvalue weighted by Crippen LogP contribution is 2.28. The number of hydrogen-bond donors (Lipinski definition) is 2. The van der Waals surface area contributed by atoms with Gasteiger partial charge in [-0.15, -0.1) is 0 Å². The first kappa shape index (κ1) is 20.6. The summed E-state index contributed by atoms with van der Waals surface area (Å²) < 4.78 is 10.5. The minimum atomic E-state index is -0.706. The molecule has 2 aromatic carbocycles. The number of nitrogens with two attached hydrogens (primary N) is 1. The van der Waals surface area contributed by atoms with E-state index in [-0.39, 0.29) is 11.1 Å². The highest BCUT2D eigenvalue weighted by Gasteiger charge is 2.24. The van der Waals surface area contributed by atoms with Crippen molar-refractivity contribution in [3.8, 4) is 11.5 Å². The summed E-state index contributed by atoms with van der Waals surface area (Å²) in [6.45, 7) is 1.92. The van der Waals surface area contributed by atoms with E-state index in [1.54, 1.807) is 30.3 Å². The number of thioether (sulfide) groups is 1. The lowest BCUT2D eigenvalue weighted by Crippen LogP contribution is -2.33. The zero-order chi connectivity index (χ0) is 21.0. The number of rotatable bonds is 6. The second-order valence-corrected chi connectivity index (χ2v) is 7.46. The topological polar surface area (TPSA) is 108 Å². The van der Waals surface area contributed by atoms with E-state index in [9.17, 15) is 14.4 Å². The molecule has 1 saturated heterocycles. The molecule has 8 heteroatoms. The Balaban J connectivity index is 1.66. The third-order valence-corrected chi connectivity index (χ3v) is 5.12. The summed E-state index contributed by atoms with van der Waals surface area (Å²) in [5.41, 5.74) is 8.51. The Morgan fingerprint density at radius 3 is 2.45 bits per heavy atom. The van der Waals surface area contributed by atoms with Gasteiger partial charge in [-0.25, -0.2) is 0 Å². The number of benzene rings is 2. The number of carbonyl (C=O) groups excluding carboxylic acids is 3. The average Bonchev–Trinajstić information content (AvgIpc) is 3.01. The van der Waals surface area contributed by atoms with Crippen molar-refractivity contribution in [2.24, 2.45) is 5.73 Å². The fourth-order valence-electron chi connectivity index (χ4n) is 2.77. The van der Waals surface area contributed by atoms with Gasteiger partial charge >= 0.3 is 5.97 Å². The summed E-state index contributed by atoms with van der Waals surface area (Å²) in [4.78, 5) is 34.7. The van der Waals surface area contributed by atoms with Crippen LogP contribution in [0.5, 0.6) is 11.5 Å². The van der Waals surface area contributed by atoms with Crippen LogP contribution < -0.4 is 15.8 Å². The SMILES string of the molecule is COC(=O)C(N)Cc1ccc(Oc2ccc(C=C3SC(=O)NC3=O)cc2)cc1C. The van der Waals surface area contributed by atoms with E-state index in [0.717, 1.165) is 28.5 Å². The predicted molar refractivity (Wildman–Crippen MR) is 110 cm³/mol. The van der Waals surface area contributed by atoms with Gasteiger partial charge in [-0.1, -0.05) is 18.2 Å². The molecule has 0 spiro atoms. The number of nitrogens with one attached hydrogen (secondary N) is 1. The summed E-state index contributed by atoms with van der Waals surface area (Å²) in [5, 5.41) is 1.85. The van der Waals surface area contributed by atoms with Gasteiger partial charge in [0.05, 0.1) is 12.0 Å². The van der Waals surface area contributed by atoms with Crippen molar-refractivity contribution in [3.05, 3.63) is 64.1 Å². The summed E-state index contributed by atoms with van der Waals surface area (Å²) in [6, 6.07) is 12.0. The molecule has 1 heterocycles. The number of aryl methyl sites for hydroxylation is 1. The van der Waals surface area contributed by atoms with Crippen LogP contribution in [0.1, 0.15) is 16.7 Å². The monoisotopic (exact) mass is 412 g/mol. The number of imide groups is 1. The predicted octanol–water partition coefficient (Wildman–Crippen LogP) is 3.15. The molecule has 1 aliphatic heterocycles. The first-order chi connectivity index (χ1) is 13.9. The van der Waals surface area contributed by atoms with Crippen molar-refractivity contribution in [3.63, 3.8) is 0 Å². The minimum absolute atomic E-state index is 0.361. The lowest BCUT2D eigenvalue weighted by Gasteiger charge is -2.13. The first-order valence-electron chi connectivity index (χ1n) is 8.81. The lowest BCUT2D eigenvalue weighted by molar-refractivity contribution is -0.142. The van der Waals surface area contributed by atoms with Gasteiger partial charge in [0.1, 0.15) is 17.5 Å². The van der Waals surface area contributed by atoms with Gasteiger partial charge in [-0.3, -0.25) is 19.7 Å². The van der Waals surface area contributed by atoms with Crippen LogP contribution in [0.4, 0.5) is 4.79 Å². The van der Waals surface area contributed by atoms with E-state index in [0.29, 0.717) is 22.8 Å². The van der Waals surface area contributed by atoms with Gasteiger partial charge in [-0.2, -0.15) is 0 Å². The van der Waals surface area contributed by atoms with E-state index in [2.05, 4.69) is 10.1 Å². The Labute approximate surface area is 172 Å². The molecule has 1 unspecified atom stereocenters. The molecule has 29 heavy (non-hydrogen) atoms. The lowest BCUT2D eigenvalue weighted by atomic mass is 10.0. The molecule has 1 atom stereocenters. The van der Waals surface area contributed by atoms with Gasteiger partial charge in [0.15, 0.2) is 0 Å². The Hall–Kier alpha value is -3.10. The van der Waals surface area contributed by atoms with Crippen LogP contribution in [0.3, 0.4) is 0 Å². The highest BCUT2D eigenvalue weighted by molar-refractivity contribution is 8.18. The van der Waals surface area contributed by atoms with Gasteiger partial charge < -0.3 is 15.2 Å². The molecular formula is C21H20N2O5S. The van der Waals surface area contributed by atoms with Crippen LogP contribution in [0.2, 0.25) is 0 Å². The number of hydrogen-bond acceptors (Lipinski definition) is 7. The Morgan fingerprint density at radius 2 is 1.86 bits per heavy atom. The van der Waals surface area contributed by atoms with Crippen molar-refractivity contribution in [2.45, 2.75) is 19.4 Å². The third-order valence-electron chi connectivity index (χ3n) is 4.31. The van der Waals surface area contributed by atoms with Crippen molar-refractivity contribution in [1.29, 1.82) is 0 Å². The Bertz CT molecular complexity index is 985. The number of methoxy groups -OCH3 is 1. The first-order valence-corrected chi connectivity index (χ1v) is 9.63. The minimum Gasteiger partial charge on any atom is -0.468 e. The van der Waals surface area contributed by atoms with Crippen LogP contribution in [0, 0.1) is 6.92 Å². The van der Waals surface area contributed by atoms with Crippen LogP contribution in [-0.4, -0.2) is 30.3 Å². The average molecular weight is 412 g/mol. The fraction of sp³-hybridized carbons (Fsp3) is 0.190.